The number of para-hydroxylation sites is 1. The SMILES string of the molecule is C=C(Cl)C(N1C(=O)c2ccccc2C1=O)N(C(C)=O)c1ccccc1. The average Bonchev–Trinajstić information content (AvgIpc) is 2.84. The van der Waals surface area contributed by atoms with Crippen LogP contribution in [0.2, 0.25) is 0 Å². The molecule has 0 fully saturated rings. The average molecular weight is 355 g/mol. The minimum atomic E-state index is -1.12. The topological polar surface area (TPSA) is 57.7 Å². The maximum Gasteiger partial charge on any atom is 0.263 e. The Morgan fingerprint density at radius 1 is 1.00 bits per heavy atom. The normalized spacial score (nSPS) is 14.2. The van der Waals surface area contributed by atoms with E-state index in [4.69, 9.17) is 11.6 Å². The summed E-state index contributed by atoms with van der Waals surface area (Å²) in [6.07, 6.45) is -1.12. The summed E-state index contributed by atoms with van der Waals surface area (Å²) in [6.45, 7) is 5.03. The first-order valence-corrected chi connectivity index (χ1v) is 7.97. The fourth-order valence-electron chi connectivity index (χ4n) is 2.91. The lowest BCUT2D eigenvalue weighted by atomic mass is 10.1. The molecular weight excluding hydrogens is 340 g/mol. The van der Waals surface area contributed by atoms with E-state index in [0.717, 1.165) is 4.90 Å². The minimum absolute atomic E-state index is 0.00596. The third-order valence-electron chi connectivity index (χ3n) is 3.97. The van der Waals surface area contributed by atoms with E-state index in [0.29, 0.717) is 5.69 Å². The Morgan fingerprint density at radius 2 is 1.48 bits per heavy atom. The number of imide groups is 1. The van der Waals surface area contributed by atoms with Crippen molar-refractivity contribution in [2.45, 2.75) is 13.1 Å². The van der Waals surface area contributed by atoms with Crippen LogP contribution in [-0.4, -0.2) is 28.8 Å². The smallest absolute Gasteiger partial charge is 0.263 e. The van der Waals surface area contributed by atoms with Gasteiger partial charge in [-0.05, 0) is 24.3 Å². The van der Waals surface area contributed by atoms with Crippen LogP contribution < -0.4 is 4.90 Å². The zero-order chi connectivity index (χ0) is 18.1. The summed E-state index contributed by atoms with van der Waals surface area (Å²) in [5.41, 5.74) is 1.08. The van der Waals surface area contributed by atoms with Crippen molar-refractivity contribution in [3.63, 3.8) is 0 Å². The third-order valence-corrected chi connectivity index (χ3v) is 4.16. The van der Waals surface area contributed by atoms with Crippen molar-refractivity contribution in [2.24, 2.45) is 0 Å². The van der Waals surface area contributed by atoms with Crippen LogP contribution in [0.5, 0.6) is 0 Å². The molecule has 6 heteroatoms. The number of carbonyl (C=O) groups excluding carboxylic acids is 3. The number of hydrogen-bond acceptors (Lipinski definition) is 3. The Balaban J connectivity index is 2.11. The van der Waals surface area contributed by atoms with Gasteiger partial charge in [0.1, 0.15) is 0 Å². The molecule has 0 saturated heterocycles. The highest BCUT2D eigenvalue weighted by atomic mass is 35.5. The Labute approximate surface area is 150 Å². The molecule has 5 nitrogen and oxygen atoms in total. The van der Waals surface area contributed by atoms with Crippen LogP contribution >= 0.6 is 11.6 Å². The molecule has 1 unspecified atom stereocenters. The molecule has 2 aromatic rings. The van der Waals surface area contributed by atoms with Crippen LogP contribution in [0.25, 0.3) is 0 Å². The first-order valence-electron chi connectivity index (χ1n) is 7.59. The van der Waals surface area contributed by atoms with Gasteiger partial charge in [-0.1, -0.05) is 48.5 Å². The molecule has 3 amide bonds. The molecule has 0 bridgehead atoms. The van der Waals surface area contributed by atoms with Crippen LogP contribution in [0.15, 0.2) is 66.2 Å². The van der Waals surface area contributed by atoms with Crippen LogP contribution in [0.3, 0.4) is 0 Å². The van der Waals surface area contributed by atoms with Gasteiger partial charge >= 0.3 is 0 Å². The van der Waals surface area contributed by atoms with Gasteiger partial charge in [-0.2, -0.15) is 0 Å². The summed E-state index contributed by atoms with van der Waals surface area (Å²) >= 11 is 6.15. The molecule has 25 heavy (non-hydrogen) atoms. The molecule has 1 aliphatic heterocycles. The zero-order valence-electron chi connectivity index (χ0n) is 13.5. The number of amides is 3. The van der Waals surface area contributed by atoms with E-state index in [1.807, 2.05) is 0 Å². The van der Waals surface area contributed by atoms with Crippen molar-refractivity contribution in [1.29, 1.82) is 0 Å². The molecule has 0 radical (unpaired) electrons. The Morgan fingerprint density at radius 3 is 1.92 bits per heavy atom. The highest BCUT2D eigenvalue weighted by Gasteiger charge is 2.44. The van der Waals surface area contributed by atoms with Gasteiger partial charge in [0.2, 0.25) is 5.91 Å². The van der Waals surface area contributed by atoms with Crippen molar-refractivity contribution >= 4 is 35.0 Å². The van der Waals surface area contributed by atoms with Crippen LogP contribution in [0.4, 0.5) is 5.69 Å². The van der Waals surface area contributed by atoms with Gasteiger partial charge in [0.05, 0.1) is 16.2 Å². The summed E-state index contributed by atoms with van der Waals surface area (Å²) in [5.74, 6) is -1.38. The van der Waals surface area contributed by atoms with Crippen molar-refractivity contribution in [2.75, 3.05) is 4.90 Å². The van der Waals surface area contributed by atoms with Gasteiger partial charge in [0.15, 0.2) is 6.17 Å². The van der Waals surface area contributed by atoms with Crippen LogP contribution in [0.1, 0.15) is 27.6 Å². The van der Waals surface area contributed by atoms with Crippen LogP contribution in [0, 0.1) is 0 Å². The number of halogens is 1. The Hall–Kier alpha value is -2.92. The standard InChI is InChI=1S/C19H15ClN2O3/c1-12(20)17(21(13(2)23)14-8-4-3-5-9-14)22-18(24)15-10-6-7-11-16(15)19(22)25/h3-11,17H,1H2,2H3. The molecule has 0 saturated carbocycles. The summed E-state index contributed by atoms with van der Waals surface area (Å²) in [4.78, 5) is 40.1. The molecule has 1 heterocycles. The molecule has 3 rings (SSSR count). The highest BCUT2D eigenvalue weighted by Crippen LogP contribution is 2.31. The lowest BCUT2D eigenvalue weighted by Crippen LogP contribution is -2.53. The van der Waals surface area contributed by atoms with Gasteiger partial charge in [-0.15, -0.1) is 0 Å². The van der Waals surface area contributed by atoms with Gasteiger partial charge in [-0.25, -0.2) is 4.90 Å². The number of nitrogens with zero attached hydrogens (tertiary/aromatic N) is 2. The van der Waals surface area contributed by atoms with E-state index in [1.165, 1.54) is 11.8 Å². The molecule has 0 aromatic heterocycles. The molecule has 1 aliphatic rings. The fraction of sp³-hybridized carbons (Fsp3) is 0.105. The molecule has 0 N–H and O–H groups in total. The second kappa shape index (κ2) is 6.53. The van der Waals surface area contributed by atoms with E-state index >= 15 is 0 Å². The predicted octanol–water partition coefficient (Wildman–Crippen LogP) is 3.41. The maximum atomic E-state index is 12.8. The number of anilines is 1. The molecule has 1 atom stereocenters. The fourth-order valence-corrected chi connectivity index (χ4v) is 3.10. The van der Waals surface area contributed by atoms with Gasteiger partial charge < -0.3 is 0 Å². The first kappa shape index (κ1) is 16.9. The first-order chi connectivity index (χ1) is 11.9. The largest absolute Gasteiger partial charge is 0.286 e. The van der Waals surface area contributed by atoms with Gasteiger partial charge in [0, 0.05) is 12.6 Å². The molecule has 126 valence electrons. The van der Waals surface area contributed by atoms with E-state index in [1.54, 1.807) is 54.6 Å². The van der Waals surface area contributed by atoms with E-state index < -0.39 is 18.0 Å². The highest BCUT2D eigenvalue weighted by molar-refractivity contribution is 6.32. The Kier molecular flexibility index (Phi) is 4.42. The van der Waals surface area contributed by atoms with E-state index in [9.17, 15) is 14.4 Å². The summed E-state index contributed by atoms with van der Waals surface area (Å²) in [6, 6.07) is 15.2. The lowest BCUT2D eigenvalue weighted by Gasteiger charge is -2.35. The quantitative estimate of drug-likeness (QED) is 0.790. The molecule has 0 spiro atoms. The van der Waals surface area contributed by atoms with Crippen molar-refractivity contribution < 1.29 is 14.4 Å². The van der Waals surface area contributed by atoms with Gasteiger partial charge in [0.25, 0.3) is 11.8 Å². The summed E-state index contributed by atoms with van der Waals surface area (Å²) in [7, 11) is 0. The molecule has 2 aromatic carbocycles. The minimum Gasteiger partial charge on any atom is -0.286 e. The van der Waals surface area contributed by atoms with Crippen molar-refractivity contribution in [1.82, 2.24) is 4.90 Å². The number of carbonyl (C=O) groups is 3. The maximum absolute atomic E-state index is 12.8. The van der Waals surface area contributed by atoms with Crippen molar-refractivity contribution in [3.8, 4) is 0 Å². The zero-order valence-corrected chi connectivity index (χ0v) is 14.2. The second-order valence-corrected chi connectivity index (χ2v) is 6.06. The third kappa shape index (κ3) is 2.83. The number of hydrogen-bond donors (Lipinski definition) is 0. The van der Waals surface area contributed by atoms with E-state index in [-0.39, 0.29) is 22.1 Å². The molecular formula is C19H15ClN2O3. The lowest BCUT2D eigenvalue weighted by molar-refractivity contribution is -0.117. The van der Waals surface area contributed by atoms with Crippen molar-refractivity contribution in [3.05, 3.63) is 77.3 Å². The van der Waals surface area contributed by atoms with E-state index in [2.05, 4.69) is 6.58 Å². The Bertz CT molecular complexity index is 844. The number of rotatable bonds is 4. The summed E-state index contributed by atoms with van der Waals surface area (Å²) in [5, 5.41) is -0.00596. The second-order valence-electron chi connectivity index (χ2n) is 5.57. The van der Waals surface area contributed by atoms with Gasteiger partial charge in [-0.3, -0.25) is 19.3 Å². The number of benzene rings is 2. The van der Waals surface area contributed by atoms with Crippen LogP contribution in [-0.2, 0) is 4.79 Å². The molecule has 0 aliphatic carbocycles. The monoisotopic (exact) mass is 354 g/mol. The summed E-state index contributed by atoms with van der Waals surface area (Å²) < 4.78 is 0. The predicted molar refractivity (Wildman–Crippen MR) is 95.3 cm³/mol. The number of fused-ring (bicyclic) bond motifs is 1.